The summed E-state index contributed by atoms with van der Waals surface area (Å²) in [5, 5.41) is 3.68. The standard InChI is InChI=1S/C13H21Br2NS/c1-4-6-9(3)12(16-7-5-2)11-8-10(14)13(15)17-11/h8-9,12,16H,4-7H2,1-3H3. The second kappa shape index (κ2) is 7.93. The van der Waals surface area contributed by atoms with E-state index in [1.165, 1.54) is 32.4 Å². The molecule has 4 heteroatoms. The van der Waals surface area contributed by atoms with E-state index in [9.17, 15) is 0 Å². The molecule has 2 unspecified atom stereocenters. The van der Waals surface area contributed by atoms with Crippen molar-refractivity contribution in [2.45, 2.75) is 46.1 Å². The van der Waals surface area contributed by atoms with Crippen LogP contribution in [0.3, 0.4) is 0 Å². The monoisotopic (exact) mass is 381 g/mol. The zero-order chi connectivity index (χ0) is 12.8. The van der Waals surface area contributed by atoms with Crippen LogP contribution in [0.25, 0.3) is 0 Å². The van der Waals surface area contributed by atoms with Gasteiger partial charge < -0.3 is 5.32 Å². The van der Waals surface area contributed by atoms with Gasteiger partial charge in [-0.15, -0.1) is 11.3 Å². The molecule has 0 aliphatic rings. The molecule has 1 N–H and O–H groups in total. The van der Waals surface area contributed by atoms with Crippen molar-refractivity contribution < 1.29 is 0 Å². The van der Waals surface area contributed by atoms with Crippen LogP contribution < -0.4 is 5.32 Å². The first-order valence-electron chi connectivity index (χ1n) is 6.28. The van der Waals surface area contributed by atoms with Crippen molar-refractivity contribution in [1.82, 2.24) is 5.32 Å². The van der Waals surface area contributed by atoms with Crippen molar-refractivity contribution in [3.8, 4) is 0 Å². The van der Waals surface area contributed by atoms with E-state index in [0.717, 1.165) is 6.54 Å². The quantitative estimate of drug-likeness (QED) is 0.632. The van der Waals surface area contributed by atoms with Gasteiger partial charge in [0.1, 0.15) is 0 Å². The summed E-state index contributed by atoms with van der Waals surface area (Å²) >= 11 is 9.00. The van der Waals surface area contributed by atoms with Gasteiger partial charge in [-0.1, -0.05) is 27.2 Å². The lowest BCUT2D eigenvalue weighted by atomic mass is 9.95. The fourth-order valence-electron chi connectivity index (χ4n) is 2.02. The molecule has 0 bridgehead atoms. The molecule has 0 aliphatic carbocycles. The molecular formula is C13H21Br2NS. The summed E-state index contributed by atoms with van der Waals surface area (Å²) in [6.07, 6.45) is 3.71. The highest BCUT2D eigenvalue weighted by atomic mass is 79.9. The second-order valence-corrected chi connectivity index (χ2v) is 7.72. The smallest absolute Gasteiger partial charge is 0.0843 e. The van der Waals surface area contributed by atoms with Crippen molar-refractivity contribution in [3.05, 3.63) is 19.2 Å². The second-order valence-electron chi connectivity index (χ2n) is 4.47. The molecule has 17 heavy (non-hydrogen) atoms. The van der Waals surface area contributed by atoms with Gasteiger partial charge in [-0.05, 0) is 63.2 Å². The average molecular weight is 383 g/mol. The molecule has 0 fully saturated rings. The van der Waals surface area contributed by atoms with Crippen LogP contribution in [0.15, 0.2) is 14.3 Å². The number of hydrogen-bond donors (Lipinski definition) is 1. The fourth-order valence-corrected chi connectivity index (χ4v) is 4.32. The Bertz CT molecular complexity index is 319. The van der Waals surface area contributed by atoms with Gasteiger partial charge in [0, 0.05) is 15.4 Å². The maximum absolute atomic E-state index is 3.68. The van der Waals surface area contributed by atoms with Crippen molar-refractivity contribution in [2.24, 2.45) is 5.92 Å². The van der Waals surface area contributed by atoms with Gasteiger partial charge >= 0.3 is 0 Å². The highest BCUT2D eigenvalue weighted by molar-refractivity contribution is 9.13. The Morgan fingerprint density at radius 1 is 1.29 bits per heavy atom. The van der Waals surface area contributed by atoms with Crippen LogP contribution >= 0.6 is 43.2 Å². The molecule has 98 valence electrons. The molecule has 1 nitrogen and oxygen atoms in total. The van der Waals surface area contributed by atoms with Crippen LogP contribution in [0.2, 0.25) is 0 Å². The molecule has 1 aromatic heterocycles. The van der Waals surface area contributed by atoms with Crippen LogP contribution in [0, 0.1) is 5.92 Å². The Kier molecular flexibility index (Phi) is 7.31. The Morgan fingerprint density at radius 3 is 2.47 bits per heavy atom. The minimum Gasteiger partial charge on any atom is -0.309 e. The molecule has 0 amide bonds. The third-order valence-corrected chi connectivity index (χ3v) is 6.24. The van der Waals surface area contributed by atoms with Crippen LogP contribution in [-0.2, 0) is 0 Å². The van der Waals surface area contributed by atoms with Crippen LogP contribution in [-0.4, -0.2) is 6.54 Å². The van der Waals surface area contributed by atoms with Gasteiger partial charge in [0.2, 0.25) is 0 Å². The third kappa shape index (κ3) is 4.66. The van der Waals surface area contributed by atoms with E-state index < -0.39 is 0 Å². The van der Waals surface area contributed by atoms with E-state index in [1.54, 1.807) is 0 Å². The lowest BCUT2D eigenvalue weighted by molar-refractivity contribution is 0.368. The molecule has 0 saturated heterocycles. The lowest BCUT2D eigenvalue weighted by Gasteiger charge is -2.24. The van der Waals surface area contributed by atoms with E-state index in [1.807, 2.05) is 11.3 Å². The van der Waals surface area contributed by atoms with Gasteiger partial charge in [-0.25, -0.2) is 0 Å². The molecular weight excluding hydrogens is 362 g/mol. The Hall–Kier alpha value is 0.620. The highest BCUT2D eigenvalue weighted by Gasteiger charge is 2.20. The highest BCUT2D eigenvalue weighted by Crippen LogP contribution is 2.38. The van der Waals surface area contributed by atoms with Crippen molar-refractivity contribution >= 4 is 43.2 Å². The average Bonchev–Trinajstić information content (AvgIpc) is 2.60. The first kappa shape index (κ1) is 15.7. The summed E-state index contributed by atoms with van der Waals surface area (Å²) in [6, 6.07) is 2.73. The van der Waals surface area contributed by atoms with Crippen molar-refractivity contribution in [1.29, 1.82) is 0 Å². The third-order valence-electron chi connectivity index (χ3n) is 2.90. The topological polar surface area (TPSA) is 12.0 Å². The Morgan fingerprint density at radius 2 is 2.00 bits per heavy atom. The SMILES string of the molecule is CCCNC(c1cc(Br)c(Br)s1)C(C)CCC. The molecule has 2 atom stereocenters. The number of halogens is 2. The van der Waals surface area contributed by atoms with Crippen LogP contribution in [0.1, 0.15) is 51.0 Å². The van der Waals surface area contributed by atoms with Gasteiger partial charge in [0.25, 0.3) is 0 Å². The van der Waals surface area contributed by atoms with Gasteiger partial charge in [-0.3, -0.25) is 0 Å². The van der Waals surface area contributed by atoms with E-state index in [0.29, 0.717) is 12.0 Å². The minimum absolute atomic E-state index is 0.488. The first-order valence-corrected chi connectivity index (χ1v) is 8.68. The van der Waals surface area contributed by atoms with Crippen LogP contribution in [0.4, 0.5) is 0 Å². The molecule has 0 spiro atoms. The number of nitrogens with one attached hydrogen (secondary N) is 1. The van der Waals surface area contributed by atoms with Crippen LogP contribution in [0.5, 0.6) is 0 Å². The summed E-state index contributed by atoms with van der Waals surface area (Å²) in [4.78, 5) is 1.43. The Labute approximate surface area is 126 Å². The minimum atomic E-state index is 0.488. The summed E-state index contributed by atoms with van der Waals surface area (Å²) in [6.45, 7) is 7.91. The lowest BCUT2D eigenvalue weighted by Crippen LogP contribution is -2.27. The zero-order valence-corrected chi connectivity index (χ0v) is 14.7. The fraction of sp³-hybridized carbons (Fsp3) is 0.692. The number of hydrogen-bond acceptors (Lipinski definition) is 2. The van der Waals surface area contributed by atoms with E-state index in [4.69, 9.17) is 0 Å². The summed E-state index contributed by atoms with van der Waals surface area (Å²) in [5.41, 5.74) is 0. The maximum atomic E-state index is 3.68. The van der Waals surface area contributed by atoms with E-state index in [-0.39, 0.29) is 0 Å². The molecule has 1 aromatic rings. The Balaban J connectivity index is 2.80. The van der Waals surface area contributed by atoms with Crippen molar-refractivity contribution in [3.63, 3.8) is 0 Å². The number of rotatable bonds is 7. The summed E-state index contributed by atoms with van der Waals surface area (Å²) in [5.74, 6) is 0.684. The molecule has 0 saturated carbocycles. The molecule has 1 heterocycles. The zero-order valence-electron chi connectivity index (χ0n) is 10.7. The molecule has 1 rings (SSSR count). The van der Waals surface area contributed by atoms with E-state index >= 15 is 0 Å². The van der Waals surface area contributed by atoms with Crippen molar-refractivity contribution in [2.75, 3.05) is 6.54 Å². The molecule has 0 radical (unpaired) electrons. The predicted octanol–water partition coefficient (Wildman–Crippen LogP) is 5.75. The number of thiophene rings is 1. The summed E-state index contributed by atoms with van der Waals surface area (Å²) in [7, 11) is 0. The largest absolute Gasteiger partial charge is 0.309 e. The maximum Gasteiger partial charge on any atom is 0.0843 e. The summed E-state index contributed by atoms with van der Waals surface area (Å²) < 4.78 is 2.36. The van der Waals surface area contributed by atoms with Gasteiger partial charge in [-0.2, -0.15) is 0 Å². The van der Waals surface area contributed by atoms with Gasteiger partial charge in [0.15, 0.2) is 0 Å². The normalized spacial score (nSPS) is 14.9. The first-order chi connectivity index (χ1) is 8.10. The predicted molar refractivity (Wildman–Crippen MR) is 84.8 cm³/mol. The molecule has 0 aromatic carbocycles. The van der Waals surface area contributed by atoms with E-state index in [2.05, 4.69) is 64.0 Å². The molecule has 0 aliphatic heterocycles. The van der Waals surface area contributed by atoms with Gasteiger partial charge in [0.05, 0.1) is 3.79 Å².